The van der Waals surface area contributed by atoms with Crippen molar-refractivity contribution < 1.29 is 9.47 Å². The van der Waals surface area contributed by atoms with Crippen LogP contribution in [0.2, 0.25) is 0 Å². The SMILES string of the molecule is C1C[C@H]2O[C@@H]2CC1C1CO1. The van der Waals surface area contributed by atoms with Crippen molar-refractivity contribution in [1.82, 2.24) is 0 Å². The van der Waals surface area contributed by atoms with Crippen molar-refractivity contribution in [3.8, 4) is 0 Å². The number of hydrogen-bond acceptors (Lipinski definition) is 2. The summed E-state index contributed by atoms with van der Waals surface area (Å²) < 4.78 is 10.7. The summed E-state index contributed by atoms with van der Waals surface area (Å²) in [5, 5.41) is 0. The minimum absolute atomic E-state index is 0.616. The maximum atomic E-state index is 5.43. The van der Waals surface area contributed by atoms with Gasteiger partial charge < -0.3 is 9.47 Å². The molecule has 0 aromatic heterocycles. The average Bonchev–Trinajstić information content (AvgIpc) is 2.83. The lowest BCUT2D eigenvalue weighted by Crippen LogP contribution is -2.17. The van der Waals surface area contributed by atoms with Crippen molar-refractivity contribution in [3.63, 3.8) is 0 Å². The van der Waals surface area contributed by atoms with Gasteiger partial charge in [0.25, 0.3) is 0 Å². The molecule has 4 atom stereocenters. The molecule has 0 aromatic carbocycles. The second kappa shape index (κ2) is 1.74. The van der Waals surface area contributed by atoms with Gasteiger partial charge in [0, 0.05) is 0 Å². The minimum atomic E-state index is 0.616. The summed E-state index contributed by atoms with van der Waals surface area (Å²) in [5.74, 6) is 0.837. The van der Waals surface area contributed by atoms with Crippen molar-refractivity contribution in [2.75, 3.05) is 6.61 Å². The molecule has 3 rings (SSSR count). The summed E-state index contributed by atoms with van der Waals surface area (Å²) >= 11 is 0. The molecule has 56 valence electrons. The number of epoxide rings is 2. The van der Waals surface area contributed by atoms with Crippen LogP contribution in [0.5, 0.6) is 0 Å². The molecule has 0 bridgehead atoms. The zero-order valence-corrected chi connectivity index (χ0v) is 5.95. The van der Waals surface area contributed by atoms with E-state index >= 15 is 0 Å². The molecule has 10 heavy (non-hydrogen) atoms. The zero-order chi connectivity index (χ0) is 6.55. The Hall–Kier alpha value is -0.0800. The Kier molecular flexibility index (Phi) is 0.968. The average molecular weight is 140 g/mol. The Morgan fingerprint density at radius 1 is 1.00 bits per heavy atom. The third-order valence-corrected chi connectivity index (χ3v) is 2.93. The van der Waals surface area contributed by atoms with E-state index in [0.717, 1.165) is 12.5 Å². The van der Waals surface area contributed by atoms with Gasteiger partial charge in [0.05, 0.1) is 24.9 Å². The van der Waals surface area contributed by atoms with Gasteiger partial charge in [-0.2, -0.15) is 0 Å². The van der Waals surface area contributed by atoms with E-state index in [1.54, 1.807) is 0 Å². The van der Waals surface area contributed by atoms with E-state index < -0.39 is 0 Å². The molecule has 0 aromatic rings. The van der Waals surface area contributed by atoms with Gasteiger partial charge in [-0.25, -0.2) is 0 Å². The second-order valence-corrected chi connectivity index (χ2v) is 3.66. The van der Waals surface area contributed by atoms with E-state index in [-0.39, 0.29) is 0 Å². The fourth-order valence-corrected chi connectivity index (χ4v) is 2.10. The number of rotatable bonds is 1. The molecule has 2 saturated heterocycles. The first-order valence-electron chi connectivity index (χ1n) is 4.20. The first kappa shape index (κ1) is 5.56. The van der Waals surface area contributed by atoms with Gasteiger partial charge in [-0.3, -0.25) is 0 Å². The van der Waals surface area contributed by atoms with Crippen LogP contribution in [0.3, 0.4) is 0 Å². The van der Waals surface area contributed by atoms with Gasteiger partial charge in [0.2, 0.25) is 0 Å². The summed E-state index contributed by atoms with van der Waals surface area (Å²) in [6, 6.07) is 0. The maximum Gasteiger partial charge on any atom is 0.0845 e. The molecular formula is C8H12O2. The normalized spacial score (nSPS) is 57.6. The summed E-state index contributed by atoms with van der Waals surface area (Å²) in [4.78, 5) is 0. The Labute approximate surface area is 60.5 Å². The highest BCUT2D eigenvalue weighted by atomic mass is 16.6. The molecule has 0 radical (unpaired) electrons. The molecule has 1 aliphatic carbocycles. The smallest absolute Gasteiger partial charge is 0.0845 e. The quantitative estimate of drug-likeness (QED) is 0.507. The molecule has 2 nitrogen and oxygen atoms in total. The number of ether oxygens (including phenoxy) is 2. The third kappa shape index (κ3) is 0.789. The van der Waals surface area contributed by atoms with Crippen LogP contribution >= 0.6 is 0 Å². The van der Waals surface area contributed by atoms with E-state index in [0.29, 0.717) is 18.3 Å². The predicted octanol–water partition coefficient (Wildman–Crippen LogP) is 0.953. The Balaban J connectivity index is 1.65. The van der Waals surface area contributed by atoms with Crippen molar-refractivity contribution in [1.29, 1.82) is 0 Å². The lowest BCUT2D eigenvalue weighted by molar-refractivity contribution is 0.279. The molecule has 0 N–H and O–H groups in total. The van der Waals surface area contributed by atoms with E-state index in [2.05, 4.69) is 0 Å². The molecule has 3 aliphatic rings. The molecule has 3 fully saturated rings. The van der Waals surface area contributed by atoms with Crippen LogP contribution in [0, 0.1) is 5.92 Å². The van der Waals surface area contributed by atoms with E-state index in [9.17, 15) is 0 Å². The highest BCUT2D eigenvalue weighted by Gasteiger charge is 2.48. The van der Waals surface area contributed by atoms with Crippen LogP contribution in [0.15, 0.2) is 0 Å². The molecule has 2 unspecified atom stereocenters. The van der Waals surface area contributed by atoms with Gasteiger partial charge >= 0.3 is 0 Å². The van der Waals surface area contributed by atoms with Crippen LogP contribution in [0.1, 0.15) is 19.3 Å². The van der Waals surface area contributed by atoms with Crippen LogP contribution < -0.4 is 0 Å². The van der Waals surface area contributed by atoms with Crippen LogP contribution in [0.25, 0.3) is 0 Å². The molecule has 0 amide bonds. The van der Waals surface area contributed by atoms with Gasteiger partial charge in [-0.1, -0.05) is 0 Å². The van der Waals surface area contributed by atoms with Crippen molar-refractivity contribution >= 4 is 0 Å². The van der Waals surface area contributed by atoms with Gasteiger partial charge in [-0.05, 0) is 25.2 Å². The van der Waals surface area contributed by atoms with Gasteiger partial charge in [0.15, 0.2) is 0 Å². The zero-order valence-electron chi connectivity index (χ0n) is 5.95. The lowest BCUT2D eigenvalue weighted by atomic mass is 9.87. The van der Waals surface area contributed by atoms with E-state index in [4.69, 9.17) is 9.47 Å². The monoisotopic (exact) mass is 140 g/mol. The maximum absolute atomic E-state index is 5.43. The Morgan fingerprint density at radius 3 is 2.60 bits per heavy atom. The van der Waals surface area contributed by atoms with Crippen LogP contribution in [-0.2, 0) is 9.47 Å². The summed E-state index contributed by atoms with van der Waals surface area (Å²) in [5.41, 5.74) is 0. The first-order chi connectivity index (χ1) is 4.93. The fourth-order valence-electron chi connectivity index (χ4n) is 2.10. The predicted molar refractivity (Wildman–Crippen MR) is 35.7 cm³/mol. The highest BCUT2D eigenvalue weighted by molar-refractivity contribution is 4.96. The summed E-state index contributed by atoms with van der Waals surface area (Å²) in [7, 11) is 0. The lowest BCUT2D eigenvalue weighted by Gasteiger charge is -2.15. The molecular weight excluding hydrogens is 128 g/mol. The summed E-state index contributed by atoms with van der Waals surface area (Å²) in [6.45, 7) is 1.02. The van der Waals surface area contributed by atoms with E-state index in [1.165, 1.54) is 19.3 Å². The number of hydrogen-bond donors (Lipinski definition) is 0. The third-order valence-electron chi connectivity index (χ3n) is 2.93. The molecule has 1 saturated carbocycles. The molecule has 2 aliphatic heterocycles. The van der Waals surface area contributed by atoms with Crippen molar-refractivity contribution in [2.24, 2.45) is 5.92 Å². The second-order valence-electron chi connectivity index (χ2n) is 3.66. The first-order valence-corrected chi connectivity index (χ1v) is 4.20. The van der Waals surface area contributed by atoms with Gasteiger partial charge in [0.1, 0.15) is 0 Å². The largest absolute Gasteiger partial charge is 0.373 e. The summed E-state index contributed by atoms with van der Waals surface area (Å²) in [6.07, 6.45) is 5.79. The molecule has 2 heterocycles. The topological polar surface area (TPSA) is 25.1 Å². The standard InChI is InChI=1S/C8H12O2/c1-2-6-7(10-6)3-5(1)8-4-9-8/h5-8H,1-4H2/t5?,6-,7-,8?/m1/s1. The van der Waals surface area contributed by atoms with E-state index in [1.807, 2.05) is 0 Å². The minimum Gasteiger partial charge on any atom is -0.373 e. The fraction of sp³-hybridized carbons (Fsp3) is 1.00. The van der Waals surface area contributed by atoms with Crippen molar-refractivity contribution in [2.45, 2.75) is 37.6 Å². The molecule has 2 heteroatoms. The van der Waals surface area contributed by atoms with Crippen LogP contribution in [-0.4, -0.2) is 24.9 Å². The van der Waals surface area contributed by atoms with Crippen molar-refractivity contribution in [3.05, 3.63) is 0 Å². The number of fused-ring (bicyclic) bond motifs is 1. The van der Waals surface area contributed by atoms with Crippen LogP contribution in [0.4, 0.5) is 0 Å². The Bertz CT molecular complexity index is 153. The molecule has 0 spiro atoms. The van der Waals surface area contributed by atoms with Gasteiger partial charge in [-0.15, -0.1) is 0 Å². The Morgan fingerprint density at radius 2 is 1.90 bits per heavy atom. The highest BCUT2D eigenvalue weighted by Crippen LogP contribution is 2.43.